The Morgan fingerprint density at radius 2 is 1.83 bits per heavy atom. The van der Waals surface area contributed by atoms with Crippen LogP contribution in [0.25, 0.3) is 0 Å². The largest absolute Gasteiger partial charge is 0.435 e. The van der Waals surface area contributed by atoms with Gasteiger partial charge < -0.3 is 0 Å². The topological polar surface area (TPSA) is 93.4 Å². The Kier molecular flexibility index (Phi) is 7.38. The molecule has 0 saturated heterocycles. The van der Waals surface area contributed by atoms with E-state index in [0.717, 1.165) is 23.9 Å². The average molecular weight is 502 g/mol. The Morgan fingerprint density at radius 1 is 1.30 bits per heavy atom. The van der Waals surface area contributed by atoms with Gasteiger partial charge in [-0.2, -0.15) is 24.9 Å². The van der Waals surface area contributed by atoms with Crippen molar-refractivity contribution in [2.75, 3.05) is 11.2 Å². The van der Waals surface area contributed by atoms with Gasteiger partial charge in [0, 0.05) is 12.1 Å². The number of thioether (sulfide) groups is 1. The summed E-state index contributed by atoms with van der Waals surface area (Å²) in [5, 5.41) is 9.20. The van der Waals surface area contributed by atoms with Gasteiger partial charge >= 0.3 is 6.18 Å². The molecule has 1 unspecified atom stereocenters. The molecular weight excluding hydrogens is 490 g/mol. The number of hydrogen-bond acceptors (Lipinski definition) is 7. The van der Waals surface area contributed by atoms with Gasteiger partial charge in [0.2, 0.25) is 5.91 Å². The third kappa shape index (κ3) is 4.88. The van der Waals surface area contributed by atoms with E-state index in [2.05, 4.69) is 4.98 Å². The van der Waals surface area contributed by atoms with Gasteiger partial charge in [0.05, 0.1) is 30.9 Å². The van der Waals surface area contributed by atoms with Crippen LogP contribution in [-0.2, 0) is 11.0 Å². The van der Waals surface area contributed by atoms with Gasteiger partial charge in [-0.15, -0.1) is 11.3 Å². The summed E-state index contributed by atoms with van der Waals surface area (Å²) in [6.45, 7) is 2.71. The van der Waals surface area contributed by atoms with Crippen molar-refractivity contribution in [3.05, 3.63) is 47.9 Å². The molecule has 1 atom stereocenters. The van der Waals surface area contributed by atoms with Crippen molar-refractivity contribution in [1.82, 2.24) is 4.98 Å². The van der Waals surface area contributed by atoms with Gasteiger partial charge in [-0.3, -0.25) is 19.7 Å². The van der Waals surface area contributed by atoms with Crippen molar-refractivity contribution in [2.45, 2.75) is 25.3 Å². The highest BCUT2D eigenvalue weighted by Gasteiger charge is 2.42. The molecule has 0 aliphatic heterocycles. The minimum Gasteiger partial charge on any atom is -0.273 e. The summed E-state index contributed by atoms with van der Waals surface area (Å²) in [4.78, 5) is 39.2. The van der Waals surface area contributed by atoms with Crippen LogP contribution in [0.3, 0.4) is 0 Å². The van der Waals surface area contributed by atoms with E-state index in [-0.39, 0.29) is 5.01 Å². The molecule has 162 valence electrons. The number of aryl methyl sites for hydroxylation is 1. The van der Waals surface area contributed by atoms with E-state index in [1.165, 1.54) is 13.8 Å². The number of nitro groups is 1. The smallest absolute Gasteiger partial charge is 0.273 e. The maximum atomic E-state index is 13.4. The summed E-state index contributed by atoms with van der Waals surface area (Å²) in [6, 6.07) is 1.70. The Hall–Kier alpha value is -1.89. The van der Waals surface area contributed by atoms with Gasteiger partial charge in [0.1, 0.15) is 4.88 Å². The number of nitro benzene ring substituents is 1. The number of carbonyl (C=O) groups excluding carboxylic acids is 2. The monoisotopic (exact) mass is 501 g/mol. The van der Waals surface area contributed by atoms with Crippen LogP contribution in [0.2, 0.25) is 10.0 Å². The molecule has 1 aromatic heterocycles. The van der Waals surface area contributed by atoms with Crippen LogP contribution < -0.4 is 4.90 Å². The second-order valence-electron chi connectivity index (χ2n) is 5.78. The van der Waals surface area contributed by atoms with Crippen LogP contribution in [0, 0.1) is 17.0 Å². The molecule has 0 bridgehead atoms. The molecule has 0 fully saturated rings. The molecule has 7 nitrogen and oxygen atoms in total. The Morgan fingerprint density at radius 3 is 2.27 bits per heavy atom. The lowest BCUT2D eigenvalue weighted by Crippen LogP contribution is -2.42. The zero-order valence-corrected chi connectivity index (χ0v) is 18.6. The number of alkyl halides is 3. The Balaban J connectivity index is 2.75. The highest BCUT2D eigenvalue weighted by atomic mass is 35.5. The number of nitrogens with zero attached hydrogens (tertiary/aromatic N) is 3. The molecule has 2 amide bonds. The van der Waals surface area contributed by atoms with Crippen LogP contribution in [0.5, 0.6) is 0 Å². The quantitative estimate of drug-likeness (QED) is 0.390. The van der Waals surface area contributed by atoms with E-state index in [4.69, 9.17) is 23.2 Å². The van der Waals surface area contributed by atoms with Crippen molar-refractivity contribution in [2.24, 2.45) is 0 Å². The second-order valence-corrected chi connectivity index (χ2v) is 8.98. The van der Waals surface area contributed by atoms with E-state index < -0.39 is 60.2 Å². The maximum Gasteiger partial charge on any atom is 0.435 e. The van der Waals surface area contributed by atoms with Crippen molar-refractivity contribution in [3.63, 3.8) is 0 Å². The lowest BCUT2D eigenvalue weighted by atomic mass is 10.2. The molecule has 1 aromatic carbocycles. The van der Waals surface area contributed by atoms with Gasteiger partial charge in [-0.05, 0) is 20.1 Å². The highest BCUT2D eigenvalue weighted by Crippen LogP contribution is 2.41. The Labute approximate surface area is 186 Å². The first-order valence-electron chi connectivity index (χ1n) is 7.88. The number of aromatic nitrogens is 1. The summed E-state index contributed by atoms with van der Waals surface area (Å²) in [6.07, 6.45) is -3.39. The molecule has 0 aliphatic carbocycles. The standard InChI is InChI=1S/C16H12Cl2F3N3O4S2/c1-6(29-3)14(25)23(11-9(17)4-8(24(27)28)5-10(11)18)15(26)12-13(16(19,20)21)22-7(2)30-12/h4-6H,1-3H3. The Bertz CT molecular complexity index is 1010. The van der Waals surface area contributed by atoms with Crippen LogP contribution in [0.1, 0.15) is 27.3 Å². The molecular formula is C16H12Cl2F3N3O4S2. The third-order valence-electron chi connectivity index (χ3n) is 3.76. The molecule has 2 aromatic rings. The van der Waals surface area contributed by atoms with Gasteiger partial charge in [-0.1, -0.05) is 23.2 Å². The van der Waals surface area contributed by atoms with Crippen LogP contribution in [-0.4, -0.2) is 33.2 Å². The molecule has 0 radical (unpaired) electrons. The normalized spacial score (nSPS) is 12.5. The fraction of sp³-hybridized carbons (Fsp3) is 0.312. The van der Waals surface area contributed by atoms with Gasteiger partial charge in [-0.25, -0.2) is 9.88 Å². The molecule has 1 heterocycles. The predicted octanol–water partition coefficient (Wildman–Crippen LogP) is 5.61. The minimum absolute atomic E-state index is 0.0446. The van der Waals surface area contributed by atoms with Crippen LogP contribution in [0.15, 0.2) is 12.1 Å². The predicted molar refractivity (Wildman–Crippen MR) is 110 cm³/mol. The summed E-state index contributed by atoms with van der Waals surface area (Å²) >= 11 is 13.6. The lowest BCUT2D eigenvalue weighted by molar-refractivity contribution is -0.384. The van der Waals surface area contributed by atoms with Crippen molar-refractivity contribution < 1.29 is 27.7 Å². The summed E-state index contributed by atoms with van der Waals surface area (Å²) in [5.74, 6) is -2.24. The minimum atomic E-state index is -4.95. The molecule has 0 aliphatic rings. The molecule has 2 rings (SSSR count). The van der Waals surface area contributed by atoms with Crippen molar-refractivity contribution in [1.29, 1.82) is 0 Å². The molecule has 30 heavy (non-hydrogen) atoms. The van der Waals surface area contributed by atoms with Crippen molar-refractivity contribution >= 4 is 69.5 Å². The summed E-state index contributed by atoms with van der Waals surface area (Å²) in [5.41, 5.74) is -2.41. The average Bonchev–Trinajstić information content (AvgIpc) is 3.05. The zero-order valence-electron chi connectivity index (χ0n) is 15.4. The number of hydrogen-bond donors (Lipinski definition) is 0. The van der Waals surface area contributed by atoms with Crippen LogP contribution >= 0.6 is 46.3 Å². The second kappa shape index (κ2) is 9.08. The maximum absolute atomic E-state index is 13.4. The van der Waals surface area contributed by atoms with Crippen molar-refractivity contribution in [3.8, 4) is 0 Å². The first kappa shape index (κ1) is 24.4. The summed E-state index contributed by atoms with van der Waals surface area (Å²) < 4.78 is 40.1. The highest BCUT2D eigenvalue weighted by molar-refractivity contribution is 7.99. The molecule has 0 saturated carbocycles. The lowest BCUT2D eigenvalue weighted by Gasteiger charge is -2.25. The van der Waals surface area contributed by atoms with E-state index in [0.29, 0.717) is 16.2 Å². The summed E-state index contributed by atoms with van der Waals surface area (Å²) in [7, 11) is 0. The first-order valence-corrected chi connectivity index (χ1v) is 10.7. The van der Waals surface area contributed by atoms with Crippen LogP contribution in [0.4, 0.5) is 24.5 Å². The van der Waals surface area contributed by atoms with E-state index >= 15 is 0 Å². The van der Waals surface area contributed by atoms with Gasteiger partial charge in [0.25, 0.3) is 11.6 Å². The SMILES string of the molecule is CSC(C)C(=O)N(C(=O)c1sc(C)nc1C(F)(F)F)c1c(Cl)cc([N+](=O)[O-])cc1Cl. The van der Waals surface area contributed by atoms with E-state index in [1.807, 2.05) is 0 Å². The zero-order chi connectivity index (χ0) is 23.0. The number of non-ortho nitro benzene ring substituents is 1. The number of thiazole rings is 1. The van der Waals surface area contributed by atoms with E-state index in [9.17, 15) is 32.9 Å². The molecule has 0 N–H and O–H groups in total. The molecule has 14 heteroatoms. The number of rotatable bonds is 5. The number of amides is 2. The van der Waals surface area contributed by atoms with E-state index in [1.54, 1.807) is 6.26 Å². The fourth-order valence-electron chi connectivity index (χ4n) is 2.33. The fourth-order valence-corrected chi connectivity index (χ4v) is 4.15. The number of halogens is 5. The van der Waals surface area contributed by atoms with Gasteiger partial charge in [0.15, 0.2) is 5.69 Å². The molecule has 0 spiro atoms. The first-order chi connectivity index (χ1) is 13.8. The number of imide groups is 1. The third-order valence-corrected chi connectivity index (χ3v) is 6.20. The number of benzene rings is 1. The number of anilines is 1. The number of carbonyl (C=O) groups is 2.